The van der Waals surface area contributed by atoms with Gasteiger partial charge in [0.1, 0.15) is 0 Å². The predicted octanol–water partition coefficient (Wildman–Crippen LogP) is 2.67. The van der Waals surface area contributed by atoms with Gasteiger partial charge in [-0.3, -0.25) is 9.69 Å². The number of hydrogen-bond donors (Lipinski definition) is 1. The van der Waals surface area contributed by atoms with Crippen LogP contribution in [0.15, 0.2) is 30.3 Å². The van der Waals surface area contributed by atoms with E-state index in [1.54, 1.807) is 0 Å². The minimum atomic E-state index is -0.0652. The molecule has 128 valence electrons. The number of carbonyl (C=O) groups excluding carboxylic acids is 1. The van der Waals surface area contributed by atoms with E-state index in [4.69, 9.17) is 0 Å². The van der Waals surface area contributed by atoms with Crippen molar-refractivity contribution in [3.05, 3.63) is 35.9 Å². The molecule has 1 fully saturated rings. The zero-order chi connectivity index (χ0) is 16.7. The summed E-state index contributed by atoms with van der Waals surface area (Å²) in [6, 6.07) is 10.4. The van der Waals surface area contributed by atoms with E-state index >= 15 is 0 Å². The maximum absolute atomic E-state index is 12.7. The van der Waals surface area contributed by atoms with E-state index in [2.05, 4.69) is 41.2 Å². The van der Waals surface area contributed by atoms with Crippen LogP contribution >= 0.6 is 0 Å². The van der Waals surface area contributed by atoms with Crippen LogP contribution in [0.1, 0.15) is 44.7 Å². The van der Waals surface area contributed by atoms with Gasteiger partial charge in [-0.25, -0.2) is 0 Å². The highest BCUT2D eigenvalue weighted by molar-refractivity contribution is 5.81. The molecule has 2 atom stereocenters. The van der Waals surface area contributed by atoms with E-state index in [0.717, 1.165) is 45.4 Å². The van der Waals surface area contributed by atoms with E-state index in [-0.39, 0.29) is 18.0 Å². The van der Waals surface area contributed by atoms with Crippen LogP contribution in [-0.4, -0.2) is 55.0 Å². The highest BCUT2D eigenvalue weighted by Gasteiger charge is 2.25. The molecule has 4 nitrogen and oxygen atoms in total. The minimum absolute atomic E-state index is 0.0652. The van der Waals surface area contributed by atoms with Crippen LogP contribution in [0.2, 0.25) is 0 Å². The van der Waals surface area contributed by atoms with Gasteiger partial charge in [0.15, 0.2) is 0 Å². The first-order valence-corrected chi connectivity index (χ1v) is 8.89. The number of amides is 1. The van der Waals surface area contributed by atoms with Gasteiger partial charge in [0.05, 0.1) is 12.1 Å². The van der Waals surface area contributed by atoms with Crippen LogP contribution in [0.5, 0.6) is 0 Å². The van der Waals surface area contributed by atoms with Crippen molar-refractivity contribution in [2.75, 3.05) is 33.2 Å². The van der Waals surface area contributed by atoms with Gasteiger partial charge in [-0.15, -0.1) is 0 Å². The third kappa shape index (κ3) is 5.33. The van der Waals surface area contributed by atoms with Crippen molar-refractivity contribution in [2.24, 2.45) is 0 Å². The number of carbonyl (C=O) groups is 1. The van der Waals surface area contributed by atoms with Crippen LogP contribution < -0.4 is 5.32 Å². The zero-order valence-electron chi connectivity index (χ0n) is 14.8. The van der Waals surface area contributed by atoms with Crippen LogP contribution in [0.4, 0.5) is 0 Å². The number of hydrogen-bond acceptors (Lipinski definition) is 3. The van der Waals surface area contributed by atoms with Gasteiger partial charge in [-0.05, 0) is 38.9 Å². The maximum Gasteiger partial charge on any atom is 0.237 e. The third-order valence-corrected chi connectivity index (χ3v) is 4.78. The van der Waals surface area contributed by atoms with Crippen LogP contribution in [0.3, 0.4) is 0 Å². The van der Waals surface area contributed by atoms with E-state index in [1.807, 2.05) is 25.1 Å². The summed E-state index contributed by atoms with van der Waals surface area (Å²) in [7, 11) is 2.15. The Morgan fingerprint density at radius 2 is 1.91 bits per heavy atom. The fraction of sp³-hybridized carbons (Fsp3) is 0.632. The molecule has 1 aliphatic rings. The lowest BCUT2D eigenvalue weighted by Gasteiger charge is -2.29. The lowest BCUT2D eigenvalue weighted by molar-refractivity contribution is -0.126. The Morgan fingerprint density at radius 1 is 1.17 bits per heavy atom. The summed E-state index contributed by atoms with van der Waals surface area (Å²) in [6.07, 6.45) is 3.17. The summed E-state index contributed by atoms with van der Waals surface area (Å²) in [5, 5.41) is 3.27. The molecule has 1 aromatic rings. The Labute approximate surface area is 140 Å². The second-order valence-electron chi connectivity index (χ2n) is 6.63. The topological polar surface area (TPSA) is 35.6 Å². The number of nitrogens with zero attached hydrogens (tertiary/aromatic N) is 2. The van der Waals surface area contributed by atoms with Gasteiger partial charge in [-0.1, -0.05) is 43.7 Å². The van der Waals surface area contributed by atoms with Gasteiger partial charge >= 0.3 is 0 Å². The van der Waals surface area contributed by atoms with Crippen LogP contribution in [0, 0.1) is 0 Å². The van der Waals surface area contributed by atoms with Gasteiger partial charge < -0.3 is 10.2 Å². The molecule has 1 aromatic carbocycles. The minimum Gasteiger partial charge on any atom is -0.348 e. The molecule has 1 aliphatic heterocycles. The van der Waals surface area contributed by atoms with Gasteiger partial charge in [0.25, 0.3) is 0 Å². The number of benzene rings is 1. The van der Waals surface area contributed by atoms with Crippen LogP contribution in [-0.2, 0) is 4.79 Å². The first kappa shape index (κ1) is 18.0. The molecule has 1 amide bonds. The Balaban J connectivity index is 1.97. The average Bonchev–Trinajstić information content (AvgIpc) is 2.79. The quantitative estimate of drug-likeness (QED) is 0.876. The molecule has 4 heteroatoms. The first-order valence-electron chi connectivity index (χ1n) is 8.89. The number of likely N-dealkylation sites (N-methyl/N-ethyl adjacent to an activating group) is 1. The molecule has 1 heterocycles. The van der Waals surface area contributed by atoms with Crippen LogP contribution in [0.25, 0.3) is 0 Å². The molecular formula is C19H31N3O. The monoisotopic (exact) mass is 317 g/mol. The largest absolute Gasteiger partial charge is 0.348 e. The van der Waals surface area contributed by atoms with Crippen molar-refractivity contribution in [1.29, 1.82) is 0 Å². The molecule has 0 spiro atoms. The average molecular weight is 317 g/mol. The normalized spacial score (nSPS) is 19.8. The molecule has 0 saturated carbocycles. The van der Waals surface area contributed by atoms with Crippen molar-refractivity contribution in [3.8, 4) is 0 Å². The second kappa shape index (κ2) is 9.04. The van der Waals surface area contributed by atoms with Crippen molar-refractivity contribution >= 4 is 5.91 Å². The van der Waals surface area contributed by atoms with E-state index < -0.39 is 0 Å². The van der Waals surface area contributed by atoms with Crippen molar-refractivity contribution in [1.82, 2.24) is 15.1 Å². The molecular weight excluding hydrogens is 286 g/mol. The third-order valence-electron chi connectivity index (χ3n) is 4.78. The molecule has 0 bridgehead atoms. The van der Waals surface area contributed by atoms with Gasteiger partial charge in [-0.2, -0.15) is 0 Å². The lowest BCUT2D eigenvalue weighted by atomic mass is 10.0. The zero-order valence-corrected chi connectivity index (χ0v) is 14.8. The first-order chi connectivity index (χ1) is 11.1. The second-order valence-corrected chi connectivity index (χ2v) is 6.63. The highest BCUT2D eigenvalue weighted by atomic mass is 16.2. The Morgan fingerprint density at radius 3 is 2.61 bits per heavy atom. The molecule has 0 aromatic heterocycles. The standard InChI is InChI=1S/C19H31N3O/c1-4-9-18(17-10-6-5-7-11-17)20-19(23)16(2)22-13-8-12-21(3)14-15-22/h5-7,10-11,16,18H,4,8-9,12-15H2,1-3H3,(H,20,23)/t16-,18+/m0/s1. The highest BCUT2D eigenvalue weighted by Crippen LogP contribution is 2.19. The van der Waals surface area contributed by atoms with Crippen molar-refractivity contribution in [3.63, 3.8) is 0 Å². The summed E-state index contributed by atoms with van der Waals surface area (Å²) in [5.74, 6) is 0.150. The fourth-order valence-corrected chi connectivity index (χ4v) is 3.21. The molecule has 1 N–H and O–H groups in total. The summed E-state index contributed by atoms with van der Waals surface area (Å²) in [6.45, 7) is 8.32. The summed E-state index contributed by atoms with van der Waals surface area (Å²) in [4.78, 5) is 17.4. The summed E-state index contributed by atoms with van der Waals surface area (Å²) < 4.78 is 0. The van der Waals surface area contributed by atoms with E-state index in [1.165, 1.54) is 5.56 Å². The number of nitrogens with one attached hydrogen (secondary N) is 1. The lowest BCUT2D eigenvalue weighted by Crippen LogP contribution is -2.47. The molecule has 2 rings (SSSR count). The Kier molecular flexibility index (Phi) is 7.06. The predicted molar refractivity (Wildman–Crippen MR) is 95.4 cm³/mol. The molecule has 0 aliphatic carbocycles. The van der Waals surface area contributed by atoms with Gasteiger partial charge in [0.2, 0.25) is 5.91 Å². The summed E-state index contributed by atoms with van der Waals surface area (Å²) in [5.41, 5.74) is 1.20. The van der Waals surface area contributed by atoms with E-state index in [0.29, 0.717) is 0 Å². The fourth-order valence-electron chi connectivity index (χ4n) is 3.21. The smallest absolute Gasteiger partial charge is 0.237 e. The molecule has 0 radical (unpaired) electrons. The summed E-state index contributed by atoms with van der Waals surface area (Å²) >= 11 is 0. The molecule has 23 heavy (non-hydrogen) atoms. The SMILES string of the molecule is CCC[C@@H](NC(=O)[C@H](C)N1CCCN(C)CC1)c1ccccc1. The van der Waals surface area contributed by atoms with Gasteiger partial charge in [0, 0.05) is 19.6 Å². The molecule has 0 unspecified atom stereocenters. The Hall–Kier alpha value is -1.39. The van der Waals surface area contributed by atoms with Crippen molar-refractivity contribution in [2.45, 2.75) is 45.2 Å². The Bertz CT molecular complexity index is 477. The molecule has 1 saturated heterocycles. The van der Waals surface area contributed by atoms with Crippen molar-refractivity contribution < 1.29 is 4.79 Å². The number of rotatable bonds is 6. The van der Waals surface area contributed by atoms with E-state index in [9.17, 15) is 4.79 Å². The maximum atomic E-state index is 12.7.